The van der Waals surface area contributed by atoms with Gasteiger partial charge >= 0.3 is 0 Å². The summed E-state index contributed by atoms with van der Waals surface area (Å²) in [4.78, 5) is 0.140. The lowest BCUT2D eigenvalue weighted by Crippen LogP contribution is -2.32. The lowest BCUT2D eigenvalue weighted by Gasteiger charge is -2.23. The maximum absolute atomic E-state index is 13.2. The van der Waals surface area contributed by atoms with E-state index in [9.17, 15) is 8.42 Å². The van der Waals surface area contributed by atoms with Gasteiger partial charge in [0.25, 0.3) is 10.0 Å². The Hall–Kier alpha value is -2.36. The van der Waals surface area contributed by atoms with Crippen LogP contribution in [-0.2, 0) is 14.8 Å². The first-order chi connectivity index (χ1) is 13.4. The number of para-hydroxylation sites is 1. The van der Waals surface area contributed by atoms with E-state index in [-0.39, 0.29) is 4.90 Å². The molecule has 152 valence electrons. The Morgan fingerprint density at radius 3 is 2.46 bits per heavy atom. The van der Waals surface area contributed by atoms with Crippen molar-refractivity contribution in [1.82, 2.24) is 5.32 Å². The average molecular weight is 424 g/mol. The number of anilines is 2. The summed E-state index contributed by atoms with van der Waals surface area (Å²) in [6, 6.07) is 13.6. The zero-order valence-electron chi connectivity index (χ0n) is 16.1. The standard InChI is InChI=1S/C19H25N3O4S2/c1-4-22(15-8-6-5-7-9-15)28(23,24)16-10-11-18(26-3)17(14-16)21-19(27)20-12-13-25-2/h5-11,14H,4,12-13H2,1-3H3,(H2,20,21,27). The number of nitrogens with zero attached hydrogens (tertiary/aromatic N) is 1. The van der Waals surface area contributed by atoms with Gasteiger partial charge in [0, 0.05) is 20.2 Å². The second kappa shape index (κ2) is 10.3. The molecule has 0 radical (unpaired) electrons. The first-order valence-corrected chi connectivity index (χ1v) is 10.6. The third kappa shape index (κ3) is 5.34. The van der Waals surface area contributed by atoms with Crippen molar-refractivity contribution < 1.29 is 17.9 Å². The number of thiocarbonyl (C=S) groups is 1. The van der Waals surface area contributed by atoms with Gasteiger partial charge in [-0.2, -0.15) is 0 Å². The first kappa shape index (κ1) is 21.9. The van der Waals surface area contributed by atoms with Crippen LogP contribution >= 0.6 is 12.2 Å². The molecule has 0 spiro atoms. The van der Waals surface area contributed by atoms with E-state index < -0.39 is 10.0 Å². The molecule has 7 nitrogen and oxygen atoms in total. The van der Waals surface area contributed by atoms with Gasteiger partial charge in [-0.15, -0.1) is 0 Å². The molecule has 0 aliphatic rings. The summed E-state index contributed by atoms with van der Waals surface area (Å²) in [7, 11) is -0.643. The Morgan fingerprint density at radius 2 is 1.86 bits per heavy atom. The summed E-state index contributed by atoms with van der Waals surface area (Å²) in [6.07, 6.45) is 0. The minimum atomic E-state index is -3.75. The molecular formula is C19H25N3O4S2. The third-order valence-corrected chi connectivity index (χ3v) is 6.08. The molecule has 28 heavy (non-hydrogen) atoms. The van der Waals surface area contributed by atoms with Crippen molar-refractivity contribution in [2.45, 2.75) is 11.8 Å². The topological polar surface area (TPSA) is 79.9 Å². The lowest BCUT2D eigenvalue weighted by molar-refractivity contribution is 0.204. The lowest BCUT2D eigenvalue weighted by atomic mass is 10.3. The number of sulfonamides is 1. The summed E-state index contributed by atoms with van der Waals surface area (Å²) in [5.74, 6) is 0.484. The number of methoxy groups -OCH3 is 2. The van der Waals surface area contributed by atoms with Gasteiger partial charge < -0.3 is 20.1 Å². The Labute approximate surface area is 171 Å². The van der Waals surface area contributed by atoms with Crippen molar-refractivity contribution in [3.8, 4) is 5.75 Å². The van der Waals surface area contributed by atoms with E-state index >= 15 is 0 Å². The molecular weight excluding hydrogens is 398 g/mol. The van der Waals surface area contributed by atoms with Gasteiger partial charge in [-0.3, -0.25) is 4.31 Å². The highest BCUT2D eigenvalue weighted by Crippen LogP contribution is 2.30. The Balaban J connectivity index is 2.33. The number of hydrogen-bond donors (Lipinski definition) is 2. The summed E-state index contributed by atoms with van der Waals surface area (Å²) in [6.45, 7) is 3.12. The zero-order chi connectivity index (χ0) is 20.6. The number of hydrogen-bond acceptors (Lipinski definition) is 5. The van der Waals surface area contributed by atoms with Crippen molar-refractivity contribution in [1.29, 1.82) is 0 Å². The van der Waals surface area contributed by atoms with Crippen LogP contribution in [0.1, 0.15) is 6.92 Å². The summed E-state index contributed by atoms with van der Waals surface area (Å²) >= 11 is 5.25. The zero-order valence-corrected chi connectivity index (χ0v) is 17.8. The third-order valence-electron chi connectivity index (χ3n) is 3.93. The summed E-state index contributed by atoms with van der Waals surface area (Å²) in [5, 5.41) is 6.32. The Bertz CT molecular complexity index is 889. The highest BCUT2D eigenvalue weighted by molar-refractivity contribution is 7.92. The molecule has 0 saturated heterocycles. The van der Waals surface area contributed by atoms with E-state index in [1.54, 1.807) is 44.4 Å². The van der Waals surface area contributed by atoms with E-state index in [4.69, 9.17) is 21.7 Å². The van der Waals surface area contributed by atoms with Crippen LogP contribution in [0.2, 0.25) is 0 Å². The highest BCUT2D eigenvalue weighted by Gasteiger charge is 2.24. The molecule has 0 saturated carbocycles. The van der Waals surface area contributed by atoms with Gasteiger partial charge in [-0.05, 0) is 49.5 Å². The molecule has 0 fully saturated rings. The molecule has 0 aliphatic carbocycles. The molecule has 0 aliphatic heterocycles. The smallest absolute Gasteiger partial charge is 0.264 e. The van der Waals surface area contributed by atoms with Crippen LogP contribution in [0.3, 0.4) is 0 Å². The molecule has 0 bridgehead atoms. The molecule has 0 amide bonds. The maximum Gasteiger partial charge on any atom is 0.264 e. The van der Waals surface area contributed by atoms with E-state index in [2.05, 4.69) is 10.6 Å². The van der Waals surface area contributed by atoms with E-state index in [0.717, 1.165) is 0 Å². The molecule has 0 atom stereocenters. The maximum atomic E-state index is 13.2. The monoisotopic (exact) mass is 423 g/mol. The molecule has 0 aromatic heterocycles. The highest BCUT2D eigenvalue weighted by atomic mass is 32.2. The second-order valence-corrected chi connectivity index (χ2v) is 8.01. The van der Waals surface area contributed by atoms with Gasteiger partial charge in [-0.1, -0.05) is 18.2 Å². The molecule has 2 aromatic carbocycles. The molecule has 9 heteroatoms. The number of nitrogens with one attached hydrogen (secondary N) is 2. The van der Waals surface area contributed by atoms with Crippen molar-refractivity contribution >= 4 is 38.7 Å². The Morgan fingerprint density at radius 1 is 1.14 bits per heavy atom. The van der Waals surface area contributed by atoms with Crippen LogP contribution in [-0.4, -0.2) is 47.4 Å². The SMILES string of the molecule is CCN(c1ccccc1)S(=O)(=O)c1ccc(OC)c(NC(=S)NCCOC)c1. The summed E-state index contributed by atoms with van der Waals surface area (Å²) < 4.78 is 38.1. The van der Waals surface area contributed by atoms with Crippen LogP contribution in [0.5, 0.6) is 5.75 Å². The predicted molar refractivity (Wildman–Crippen MR) is 116 cm³/mol. The van der Waals surface area contributed by atoms with Crippen LogP contribution in [0.4, 0.5) is 11.4 Å². The predicted octanol–water partition coefficient (Wildman–Crippen LogP) is 2.84. The van der Waals surface area contributed by atoms with Crippen LogP contribution < -0.4 is 19.7 Å². The molecule has 2 rings (SSSR count). The van der Waals surface area contributed by atoms with E-state index in [0.29, 0.717) is 41.9 Å². The fourth-order valence-corrected chi connectivity index (χ4v) is 4.30. The van der Waals surface area contributed by atoms with Crippen LogP contribution in [0, 0.1) is 0 Å². The first-order valence-electron chi connectivity index (χ1n) is 8.73. The largest absolute Gasteiger partial charge is 0.495 e. The Kier molecular flexibility index (Phi) is 8.04. The van der Waals surface area contributed by atoms with Crippen molar-refractivity contribution in [3.63, 3.8) is 0 Å². The molecule has 2 aromatic rings. The minimum absolute atomic E-state index is 0.140. The van der Waals surface area contributed by atoms with Crippen molar-refractivity contribution in [2.75, 3.05) is 43.5 Å². The average Bonchev–Trinajstić information content (AvgIpc) is 2.69. The normalized spacial score (nSPS) is 11.0. The van der Waals surface area contributed by atoms with Gasteiger partial charge in [0.15, 0.2) is 5.11 Å². The quantitative estimate of drug-likeness (QED) is 0.474. The number of ether oxygens (including phenoxy) is 2. The van der Waals surface area contributed by atoms with Crippen molar-refractivity contribution in [3.05, 3.63) is 48.5 Å². The fourth-order valence-electron chi connectivity index (χ4n) is 2.59. The molecule has 0 heterocycles. The van der Waals surface area contributed by atoms with Crippen LogP contribution in [0.15, 0.2) is 53.4 Å². The number of rotatable bonds is 9. The van der Waals surface area contributed by atoms with Crippen molar-refractivity contribution in [2.24, 2.45) is 0 Å². The molecule has 2 N–H and O–H groups in total. The van der Waals surface area contributed by atoms with Gasteiger partial charge in [0.2, 0.25) is 0 Å². The van der Waals surface area contributed by atoms with E-state index in [1.165, 1.54) is 23.5 Å². The van der Waals surface area contributed by atoms with Gasteiger partial charge in [-0.25, -0.2) is 8.42 Å². The number of benzene rings is 2. The minimum Gasteiger partial charge on any atom is -0.495 e. The van der Waals surface area contributed by atoms with Crippen LogP contribution in [0.25, 0.3) is 0 Å². The fraction of sp³-hybridized carbons (Fsp3) is 0.316. The second-order valence-electron chi connectivity index (χ2n) is 5.74. The van der Waals surface area contributed by atoms with Gasteiger partial charge in [0.1, 0.15) is 5.75 Å². The van der Waals surface area contributed by atoms with Gasteiger partial charge in [0.05, 0.1) is 30.0 Å². The molecule has 0 unspecified atom stereocenters. The summed E-state index contributed by atoms with van der Waals surface area (Å²) in [5.41, 5.74) is 1.06. The van der Waals surface area contributed by atoms with E-state index in [1.807, 2.05) is 6.07 Å².